The van der Waals surface area contributed by atoms with Crippen molar-refractivity contribution in [1.82, 2.24) is 15.1 Å². The van der Waals surface area contributed by atoms with Crippen LogP contribution in [0, 0.1) is 0 Å². The average molecular weight is 444 g/mol. The minimum Gasteiger partial charge on any atom is -0.497 e. The number of hydrogen-bond acceptors (Lipinski definition) is 4. The number of hydrogen-bond donors (Lipinski definition) is 2. The van der Waals surface area contributed by atoms with Crippen LogP contribution in [0.5, 0.6) is 5.75 Å². The molecule has 0 radical (unpaired) electrons. The normalized spacial score (nSPS) is 17.9. The van der Waals surface area contributed by atoms with E-state index in [1.807, 2.05) is 30.3 Å². The van der Waals surface area contributed by atoms with E-state index in [0.717, 1.165) is 10.2 Å². The SMILES string of the molecule is COc1cccc(C2CC(C(F)(F)F)n3ncc(C(=O)NCCc4ccccc4)c3N2)c1. The Balaban J connectivity index is 1.57. The van der Waals surface area contributed by atoms with Crippen molar-refractivity contribution >= 4 is 11.7 Å². The number of carbonyl (C=O) groups excluding carboxylic acids is 1. The van der Waals surface area contributed by atoms with Gasteiger partial charge in [0.1, 0.15) is 17.1 Å². The Labute approximate surface area is 183 Å². The molecule has 0 spiro atoms. The van der Waals surface area contributed by atoms with E-state index in [1.165, 1.54) is 13.3 Å². The lowest BCUT2D eigenvalue weighted by molar-refractivity contribution is -0.173. The van der Waals surface area contributed by atoms with Gasteiger partial charge >= 0.3 is 6.18 Å². The number of halogens is 3. The highest BCUT2D eigenvalue weighted by Gasteiger charge is 2.47. The van der Waals surface area contributed by atoms with Crippen molar-refractivity contribution in [2.45, 2.75) is 31.1 Å². The van der Waals surface area contributed by atoms with Gasteiger partial charge in [-0.3, -0.25) is 4.79 Å². The first kappa shape index (κ1) is 21.7. The molecule has 2 heterocycles. The molecule has 2 unspecified atom stereocenters. The molecule has 1 amide bonds. The molecule has 2 N–H and O–H groups in total. The molecule has 0 aliphatic carbocycles. The van der Waals surface area contributed by atoms with Gasteiger partial charge in [0.05, 0.1) is 19.3 Å². The second kappa shape index (κ2) is 8.94. The molecule has 2 atom stereocenters. The molecular formula is C23H23F3N4O2. The molecule has 1 aromatic heterocycles. The van der Waals surface area contributed by atoms with Crippen LogP contribution in [0.2, 0.25) is 0 Å². The summed E-state index contributed by atoms with van der Waals surface area (Å²) in [6.07, 6.45) is -2.96. The monoisotopic (exact) mass is 444 g/mol. The van der Waals surface area contributed by atoms with Crippen LogP contribution in [0.3, 0.4) is 0 Å². The highest BCUT2D eigenvalue weighted by atomic mass is 19.4. The zero-order valence-electron chi connectivity index (χ0n) is 17.4. The first-order valence-electron chi connectivity index (χ1n) is 10.2. The lowest BCUT2D eigenvalue weighted by Crippen LogP contribution is -2.36. The van der Waals surface area contributed by atoms with Gasteiger partial charge in [-0.05, 0) is 29.7 Å². The molecule has 3 aromatic rings. The van der Waals surface area contributed by atoms with Crippen LogP contribution in [0.15, 0.2) is 60.8 Å². The van der Waals surface area contributed by atoms with Crippen LogP contribution in [-0.2, 0) is 6.42 Å². The maximum absolute atomic E-state index is 13.8. The van der Waals surface area contributed by atoms with Crippen molar-refractivity contribution in [3.8, 4) is 5.75 Å². The third-order valence-corrected chi connectivity index (χ3v) is 5.52. The Kier molecular flexibility index (Phi) is 6.07. The minimum atomic E-state index is -4.51. The molecule has 9 heteroatoms. The van der Waals surface area contributed by atoms with Crippen molar-refractivity contribution in [2.24, 2.45) is 0 Å². The maximum atomic E-state index is 13.8. The van der Waals surface area contributed by atoms with E-state index in [0.29, 0.717) is 24.3 Å². The van der Waals surface area contributed by atoms with Crippen LogP contribution in [0.25, 0.3) is 0 Å². The zero-order valence-corrected chi connectivity index (χ0v) is 17.4. The van der Waals surface area contributed by atoms with Gasteiger partial charge in [-0.1, -0.05) is 42.5 Å². The van der Waals surface area contributed by atoms with Crippen LogP contribution in [0.1, 0.15) is 40.0 Å². The average Bonchev–Trinajstić information content (AvgIpc) is 3.22. The molecule has 168 valence electrons. The van der Waals surface area contributed by atoms with Crippen LogP contribution in [0.4, 0.5) is 19.0 Å². The van der Waals surface area contributed by atoms with Crippen LogP contribution < -0.4 is 15.4 Å². The van der Waals surface area contributed by atoms with Gasteiger partial charge in [-0.25, -0.2) is 4.68 Å². The number of anilines is 1. The van der Waals surface area contributed by atoms with Crippen LogP contribution >= 0.6 is 0 Å². The summed E-state index contributed by atoms with van der Waals surface area (Å²) in [7, 11) is 1.50. The summed E-state index contributed by atoms with van der Waals surface area (Å²) in [6, 6.07) is 14.0. The van der Waals surface area contributed by atoms with E-state index >= 15 is 0 Å². The fourth-order valence-corrected chi connectivity index (χ4v) is 3.87. The molecular weight excluding hydrogens is 421 g/mol. The van der Waals surface area contributed by atoms with Crippen molar-refractivity contribution in [1.29, 1.82) is 0 Å². The first-order valence-corrected chi connectivity index (χ1v) is 10.2. The lowest BCUT2D eigenvalue weighted by atomic mass is 9.96. The van der Waals surface area contributed by atoms with Crippen molar-refractivity contribution < 1.29 is 22.7 Å². The van der Waals surface area contributed by atoms with Crippen molar-refractivity contribution in [3.63, 3.8) is 0 Å². The number of fused-ring (bicyclic) bond motifs is 1. The third kappa shape index (κ3) is 4.56. The molecule has 0 saturated heterocycles. The van der Waals surface area contributed by atoms with Gasteiger partial charge < -0.3 is 15.4 Å². The number of nitrogens with zero attached hydrogens (tertiary/aromatic N) is 2. The zero-order chi connectivity index (χ0) is 22.7. The van der Waals surface area contributed by atoms with E-state index in [9.17, 15) is 18.0 Å². The summed E-state index contributed by atoms with van der Waals surface area (Å²) in [5.41, 5.74) is 1.78. The lowest BCUT2D eigenvalue weighted by Gasteiger charge is -2.34. The Morgan fingerprint density at radius 2 is 2.00 bits per heavy atom. The highest BCUT2D eigenvalue weighted by Crippen LogP contribution is 2.44. The molecule has 1 aliphatic rings. The van der Waals surface area contributed by atoms with Gasteiger partial charge in [-0.2, -0.15) is 18.3 Å². The number of rotatable bonds is 6. The Morgan fingerprint density at radius 3 is 2.72 bits per heavy atom. The van der Waals surface area contributed by atoms with E-state index in [2.05, 4.69) is 15.7 Å². The molecule has 4 rings (SSSR count). The van der Waals surface area contributed by atoms with Gasteiger partial charge in [0, 0.05) is 13.0 Å². The fourth-order valence-electron chi connectivity index (χ4n) is 3.87. The smallest absolute Gasteiger partial charge is 0.410 e. The minimum absolute atomic E-state index is 0.0589. The van der Waals surface area contributed by atoms with E-state index < -0.39 is 24.2 Å². The molecule has 1 aliphatic heterocycles. The topological polar surface area (TPSA) is 68.2 Å². The summed E-state index contributed by atoms with van der Waals surface area (Å²) in [5, 5.41) is 9.77. The number of methoxy groups -OCH3 is 1. The predicted molar refractivity (Wildman–Crippen MR) is 114 cm³/mol. The number of carbonyl (C=O) groups is 1. The molecule has 0 saturated carbocycles. The van der Waals surface area contributed by atoms with E-state index in [4.69, 9.17) is 4.74 Å². The summed E-state index contributed by atoms with van der Waals surface area (Å²) in [6.45, 7) is 0.357. The Bertz CT molecular complexity index is 1080. The van der Waals surface area contributed by atoms with Gasteiger partial charge in [0.2, 0.25) is 0 Å². The summed E-state index contributed by atoms with van der Waals surface area (Å²) in [5.74, 6) is 0.135. The van der Waals surface area contributed by atoms with Gasteiger partial charge in [-0.15, -0.1) is 0 Å². The summed E-state index contributed by atoms with van der Waals surface area (Å²) >= 11 is 0. The second-order valence-electron chi connectivity index (χ2n) is 7.61. The molecule has 6 nitrogen and oxygen atoms in total. The van der Waals surface area contributed by atoms with Gasteiger partial charge in [0.25, 0.3) is 5.91 Å². The Morgan fingerprint density at radius 1 is 1.22 bits per heavy atom. The fraction of sp³-hybridized carbons (Fsp3) is 0.304. The summed E-state index contributed by atoms with van der Waals surface area (Å²) in [4.78, 5) is 12.8. The number of benzene rings is 2. The quantitative estimate of drug-likeness (QED) is 0.587. The number of ether oxygens (including phenoxy) is 1. The van der Waals surface area contributed by atoms with E-state index in [1.54, 1.807) is 24.3 Å². The number of alkyl halides is 3. The maximum Gasteiger partial charge on any atom is 0.410 e. The third-order valence-electron chi connectivity index (χ3n) is 5.52. The number of amides is 1. The molecule has 32 heavy (non-hydrogen) atoms. The highest BCUT2D eigenvalue weighted by molar-refractivity contribution is 5.98. The van der Waals surface area contributed by atoms with Crippen molar-refractivity contribution in [2.75, 3.05) is 19.0 Å². The first-order chi connectivity index (χ1) is 15.4. The van der Waals surface area contributed by atoms with Crippen LogP contribution in [-0.4, -0.2) is 35.5 Å². The van der Waals surface area contributed by atoms with Gasteiger partial charge in [0.15, 0.2) is 6.04 Å². The Hall–Kier alpha value is -3.49. The largest absolute Gasteiger partial charge is 0.497 e. The molecule has 0 bridgehead atoms. The van der Waals surface area contributed by atoms with Crippen molar-refractivity contribution in [3.05, 3.63) is 77.5 Å². The molecule has 2 aromatic carbocycles. The van der Waals surface area contributed by atoms with E-state index in [-0.39, 0.29) is 17.8 Å². The number of nitrogens with one attached hydrogen (secondary N) is 2. The summed E-state index contributed by atoms with van der Waals surface area (Å²) < 4.78 is 47.6. The number of aromatic nitrogens is 2. The standard InChI is InChI=1S/C23H23F3N4O2/c1-32-17-9-5-8-16(12-17)19-13-20(23(24,25)26)30-21(29-19)18(14-28-30)22(31)27-11-10-15-6-3-2-4-7-15/h2-9,12,14,19-20,29H,10-11,13H2,1H3,(H,27,31). The second-order valence-corrected chi connectivity index (χ2v) is 7.61. The molecule has 0 fully saturated rings. The predicted octanol–water partition coefficient (Wildman–Crippen LogP) is 4.52.